The lowest BCUT2D eigenvalue weighted by Gasteiger charge is -1.80. The van der Waals surface area contributed by atoms with Crippen LogP contribution in [0, 0.1) is 0 Å². The Kier molecular flexibility index (Phi) is 24.7. The van der Waals surface area contributed by atoms with Crippen molar-refractivity contribution in [2.24, 2.45) is 0 Å². The third-order valence-corrected chi connectivity index (χ3v) is 0. The number of carbonyl (C=O) groups is 1. The molecule has 0 saturated heterocycles. The lowest BCUT2D eigenvalue weighted by atomic mass is 10.5. The first-order chi connectivity index (χ1) is 4.88. The fourth-order valence-electron chi connectivity index (χ4n) is 0. The maximum atomic E-state index is 9.44. The average molecular weight is 160 g/mol. The first-order valence-corrected chi connectivity index (χ1v) is 3.60. The standard InChI is InChI=1S/C3H8O.C3H6O.C3H6/c2*1-3(2)4;1-3-2/h3-4H,1-2H3;1-2H3;3H,1H2,2H3. The smallest absolute Gasteiger partial charge is 0.126 e. The molecule has 0 aliphatic heterocycles. The molecule has 0 atom stereocenters. The number of allylic oxidation sites excluding steroid dienone is 1. The molecular weight excluding hydrogens is 140 g/mol. The summed E-state index contributed by atoms with van der Waals surface area (Å²) in [6.07, 6.45) is 1.58. The van der Waals surface area contributed by atoms with E-state index in [1.807, 2.05) is 6.92 Å². The van der Waals surface area contributed by atoms with E-state index >= 15 is 0 Å². The highest BCUT2D eigenvalue weighted by Crippen LogP contribution is 1.65. The van der Waals surface area contributed by atoms with Crippen molar-refractivity contribution in [1.29, 1.82) is 0 Å². The zero-order chi connectivity index (χ0) is 9.86. The van der Waals surface area contributed by atoms with Crippen molar-refractivity contribution < 1.29 is 9.90 Å². The van der Waals surface area contributed by atoms with Crippen LogP contribution >= 0.6 is 0 Å². The molecule has 0 amide bonds. The molecular formula is C9H20O2. The van der Waals surface area contributed by atoms with E-state index < -0.39 is 0 Å². The van der Waals surface area contributed by atoms with Gasteiger partial charge in [-0.2, -0.15) is 0 Å². The molecule has 0 unspecified atom stereocenters. The number of carbonyl (C=O) groups excluding carboxylic acids is 1. The monoisotopic (exact) mass is 160 g/mol. The average Bonchev–Trinajstić information content (AvgIpc) is 1.60. The Morgan fingerprint density at radius 1 is 1.45 bits per heavy atom. The first kappa shape index (κ1) is 16.8. The lowest BCUT2D eigenvalue weighted by Crippen LogP contribution is -1.85. The summed E-state index contributed by atoms with van der Waals surface area (Å²) in [5.41, 5.74) is 0. The molecule has 0 rings (SSSR count). The van der Waals surface area contributed by atoms with Gasteiger partial charge in [0, 0.05) is 6.10 Å². The summed E-state index contributed by atoms with van der Waals surface area (Å²) < 4.78 is 0. The van der Waals surface area contributed by atoms with Crippen LogP contribution in [0.25, 0.3) is 0 Å². The number of hydrogen-bond donors (Lipinski definition) is 1. The molecule has 68 valence electrons. The Labute approximate surface area is 69.9 Å². The summed E-state index contributed by atoms with van der Waals surface area (Å²) in [7, 11) is 0. The fourth-order valence-corrected chi connectivity index (χ4v) is 0. The van der Waals surface area contributed by atoms with Gasteiger partial charge in [-0.25, -0.2) is 0 Å². The minimum atomic E-state index is -0.167. The van der Waals surface area contributed by atoms with Crippen molar-refractivity contribution in [3.05, 3.63) is 12.7 Å². The van der Waals surface area contributed by atoms with E-state index in [2.05, 4.69) is 6.58 Å². The normalized spacial score (nSPS) is 6.82. The van der Waals surface area contributed by atoms with Gasteiger partial charge >= 0.3 is 0 Å². The predicted molar refractivity (Wildman–Crippen MR) is 49.6 cm³/mol. The van der Waals surface area contributed by atoms with Gasteiger partial charge < -0.3 is 9.90 Å². The van der Waals surface area contributed by atoms with Gasteiger partial charge in [-0.15, -0.1) is 6.58 Å². The van der Waals surface area contributed by atoms with Crippen molar-refractivity contribution in [2.75, 3.05) is 0 Å². The van der Waals surface area contributed by atoms with Crippen LogP contribution in [0.2, 0.25) is 0 Å². The van der Waals surface area contributed by atoms with E-state index in [1.165, 1.54) is 13.8 Å². The second-order valence-electron chi connectivity index (χ2n) is 2.41. The van der Waals surface area contributed by atoms with Crippen LogP contribution in [0.3, 0.4) is 0 Å². The van der Waals surface area contributed by atoms with Gasteiger partial charge in [0.05, 0.1) is 0 Å². The molecule has 0 bridgehead atoms. The zero-order valence-corrected chi connectivity index (χ0v) is 8.22. The van der Waals surface area contributed by atoms with Gasteiger partial charge in [-0.05, 0) is 34.6 Å². The molecule has 0 spiro atoms. The van der Waals surface area contributed by atoms with Crippen LogP contribution in [0.5, 0.6) is 0 Å². The number of Topliss-reactive ketones (excluding diaryl/α,β-unsaturated/α-hetero) is 1. The van der Waals surface area contributed by atoms with Crippen molar-refractivity contribution >= 4 is 5.78 Å². The maximum absolute atomic E-state index is 9.44. The third kappa shape index (κ3) is 1280. The summed E-state index contributed by atoms with van der Waals surface area (Å²) in [5.74, 6) is 0.167. The number of hydrogen-bond acceptors (Lipinski definition) is 2. The van der Waals surface area contributed by atoms with Crippen molar-refractivity contribution in [1.82, 2.24) is 0 Å². The molecule has 2 heteroatoms. The molecule has 0 aliphatic rings. The highest BCUT2D eigenvalue weighted by molar-refractivity contribution is 5.72. The van der Waals surface area contributed by atoms with E-state index in [1.54, 1.807) is 19.9 Å². The van der Waals surface area contributed by atoms with Crippen LogP contribution in [0.4, 0.5) is 0 Å². The van der Waals surface area contributed by atoms with Crippen LogP contribution in [-0.4, -0.2) is 17.0 Å². The molecule has 0 aliphatic carbocycles. The number of rotatable bonds is 0. The number of aliphatic hydroxyl groups is 1. The molecule has 0 aromatic heterocycles. The van der Waals surface area contributed by atoms with Crippen LogP contribution in [-0.2, 0) is 4.79 Å². The van der Waals surface area contributed by atoms with Crippen molar-refractivity contribution in [3.8, 4) is 0 Å². The second kappa shape index (κ2) is 16.2. The molecule has 0 saturated carbocycles. The highest BCUT2D eigenvalue weighted by Gasteiger charge is 1.69. The summed E-state index contributed by atoms with van der Waals surface area (Å²) >= 11 is 0. The number of aliphatic hydroxyl groups excluding tert-OH is 1. The quantitative estimate of drug-likeness (QED) is 0.551. The molecule has 2 nitrogen and oxygen atoms in total. The van der Waals surface area contributed by atoms with E-state index in [9.17, 15) is 4.79 Å². The minimum absolute atomic E-state index is 0.167. The van der Waals surface area contributed by atoms with Gasteiger partial charge in [0.1, 0.15) is 5.78 Å². The molecule has 1 N–H and O–H groups in total. The van der Waals surface area contributed by atoms with Gasteiger partial charge in [0.25, 0.3) is 0 Å². The van der Waals surface area contributed by atoms with Gasteiger partial charge in [0.15, 0.2) is 0 Å². The van der Waals surface area contributed by atoms with Gasteiger partial charge in [-0.1, -0.05) is 6.08 Å². The summed E-state index contributed by atoms with van der Waals surface area (Å²) in [4.78, 5) is 9.44. The van der Waals surface area contributed by atoms with E-state index in [0.29, 0.717) is 0 Å². The van der Waals surface area contributed by atoms with Crippen LogP contribution < -0.4 is 0 Å². The van der Waals surface area contributed by atoms with Crippen LogP contribution in [0.15, 0.2) is 12.7 Å². The Balaban J connectivity index is -0.0000000886. The van der Waals surface area contributed by atoms with E-state index in [-0.39, 0.29) is 11.9 Å². The Morgan fingerprint density at radius 3 is 1.45 bits per heavy atom. The van der Waals surface area contributed by atoms with Crippen molar-refractivity contribution in [3.63, 3.8) is 0 Å². The second-order valence-corrected chi connectivity index (χ2v) is 2.41. The Hall–Kier alpha value is -0.630. The molecule has 0 aromatic rings. The van der Waals surface area contributed by atoms with Crippen molar-refractivity contribution in [2.45, 2.75) is 40.7 Å². The van der Waals surface area contributed by atoms with E-state index in [4.69, 9.17) is 5.11 Å². The summed E-state index contributed by atoms with van der Waals surface area (Å²) in [6.45, 7) is 11.8. The predicted octanol–water partition coefficient (Wildman–Crippen LogP) is 2.17. The summed E-state index contributed by atoms with van der Waals surface area (Å²) in [5, 5.41) is 8.06. The topological polar surface area (TPSA) is 37.3 Å². The van der Waals surface area contributed by atoms with Crippen LogP contribution in [0.1, 0.15) is 34.6 Å². The van der Waals surface area contributed by atoms with E-state index in [0.717, 1.165) is 0 Å². The molecule has 0 radical (unpaired) electrons. The van der Waals surface area contributed by atoms with Gasteiger partial charge in [0.2, 0.25) is 0 Å². The molecule has 0 fully saturated rings. The zero-order valence-electron chi connectivity index (χ0n) is 8.22. The van der Waals surface area contributed by atoms with Gasteiger partial charge in [-0.3, -0.25) is 0 Å². The molecule has 11 heavy (non-hydrogen) atoms. The maximum Gasteiger partial charge on any atom is 0.126 e. The SMILES string of the molecule is C=CC.CC(C)=O.CC(C)O. The number of ketones is 1. The summed E-state index contributed by atoms with van der Waals surface area (Å²) in [6, 6.07) is 0. The fraction of sp³-hybridized carbons (Fsp3) is 0.667. The largest absolute Gasteiger partial charge is 0.394 e. The molecule has 0 aromatic carbocycles. The Morgan fingerprint density at radius 2 is 1.45 bits per heavy atom. The Bertz CT molecular complexity index is 78.8. The first-order valence-electron chi connectivity index (χ1n) is 3.60. The minimum Gasteiger partial charge on any atom is -0.394 e. The molecule has 0 heterocycles. The third-order valence-electron chi connectivity index (χ3n) is 0. The highest BCUT2D eigenvalue weighted by atomic mass is 16.3. The lowest BCUT2D eigenvalue weighted by molar-refractivity contribution is -0.114.